The second kappa shape index (κ2) is 10.9. The van der Waals surface area contributed by atoms with Crippen LogP contribution in [0.1, 0.15) is 18.1 Å². The Bertz CT molecular complexity index is 861. The summed E-state index contributed by atoms with van der Waals surface area (Å²) >= 11 is 5.51. The van der Waals surface area contributed by atoms with Gasteiger partial charge in [0, 0.05) is 4.47 Å². The summed E-state index contributed by atoms with van der Waals surface area (Å²) in [4.78, 5) is 12.0. The Kier molecular flexibility index (Phi) is 8.61. The Hall–Kier alpha value is -2.05. The first-order valence-electron chi connectivity index (χ1n) is 8.12. The molecule has 2 aromatic rings. The number of ether oxygens (including phenoxy) is 2. The molecule has 0 saturated carbocycles. The molecule has 2 aromatic carbocycles. The topological polar surface area (TPSA) is 59.9 Å². The molecule has 0 spiro atoms. The number of hydrogen-bond acceptors (Lipinski definition) is 4. The minimum atomic E-state index is -0.192. The van der Waals surface area contributed by atoms with Crippen LogP contribution in [-0.4, -0.2) is 25.3 Å². The number of carbonyl (C=O) groups is 1. The van der Waals surface area contributed by atoms with Crippen molar-refractivity contribution < 1.29 is 14.3 Å². The minimum Gasteiger partial charge on any atom is -0.490 e. The summed E-state index contributed by atoms with van der Waals surface area (Å²) in [5.41, 5.74) is 4.22. The minimum absolute atomic E-state index is 0.162. The third kappa shape index (κ3) is 6.88. The van der Waals surface area contributed by atoms with Crippen molar-refractivity contribution in [2.24, 2.45) is 5.10 Å². The standard InChI is InChI=1S/C20H18BrIN2O3/c1-3-9-27-20-17(22)10-15(11-18(20)26-4-2)13-23-24-19(25)12-14-5-7-16(21)8-6-14/h1,5-8,10-11,13H,4,9,12H2,2H3,(H,24,25)/b23-13-. The summed E-state index contributed by atoms with van der Waals surface area (Å²) in [5, 5.41) is 4.02. The van der Waals surface area contributed by atoms with Gasteiger partial charge in [0.1, 0.15) is 6.61 Å². The third-order valence-corrected chi connectivity index (χ3v) is 4.64. The summed E-state index contributed by atoms with van der Waals surface area (Å²) in [5.74, 6) is 3.44. The van der Waals surface area contributed by atoms with E-state index in [1.165, 1.54) is 0 Å². The molecule has 1 N–H and O–H groups in total. The van der Waals surface area contributed by atoms with Crippen LogP contribution in [0.3, 0.4) is 0 Å². The highest BCUT2D eigenvalue weighted by molar-refractivity contribution is 14.1. The maximum atomic E-state index is 12.0. The quantitative estimate of drug-likeness (QED) is 0.237. The zero-order chi connectivity index (χ0) is 19.6. The highest BCUT2D eigenvalue weighted by atomic mass is 127. The average Bonchev–Trinajstić information content (AvgIpc) is 2.63. The number of carbonyl (C=O) groups excluding carboxylic acids is 1. The maximum Gasteiger partial charge on any atom is 0.244 e. The van der Waals surface area contributed by atoms with Gasteiger partial charge in [-0.25, -0.2) is 5.43 Å². The molecule has 0 unspecified atom stereocenters. The van der Waals surface area contributed by atoms with E-state index in [1.807, 2.05) is 37.3 Å². The lowest BCUT2D eigenvalue weighted by Crippen LogP contribution is -2.19. The Morgan fingerprint density at radius 3 is 2.74 bits per heavy atom. The predicted molar refractivity (Wildman–Crippen MR) is 118 cm³/mol. The number of rotatable bonds is 8. The van der Waals surface area contributed by atoms with Crippen LogP contribution in [0, 0.1) is 15.9 Å². The van der Waals surface area contributed by atoms with Gasteiger partial charge in [0.2, 0.25) is 5.91 Å². The van der Waals surface area contributed by atoms with E-state index in [4.69, 9.17) is 15.9 Å². The fraction of sp³-hybridized carbons (Fsp3) is 0.200. The molecule has 0 aliphatic rings. The zero-order valence-electron chi connectivity index (χ0n) is 14.7. The van der Waals surface area contributed by atoms with E-state index < -0.39 is 0 Å². The number of hydrogen-bond donors (Lipinski definition) is 1. The Balaban J connectivity index is 2.03. The van der Waals surface area contributed by atoms with Gasteiger partial charge in [-0.2, -0.15) is 5.10 Å². The molecule has 0 fully saturated rings. The zero-order valence-corrected chi connectivity index (χ0v) is 18.4. The number of benzene rings is 2. The average molecular weight is 541 g/mol. The van der Waals surface area contributed by atoms with Crippen molar-refractivity contribution in [3.63, 3.8) is 0 Å². The van der Waals surface area contributed by atoms with Crippen LogP contribution in [0.5, 0.6) is 11.5 Å². The molecule has 140 valence electrons. The van der Waals surface area contributed by atoms with Gasteiger partial charge < -0.3 is 9.47 Å². The molecule has 0 atom stereocenters. The molecule has 0 saturated heterocycles. The lowest BCUT2D eigenvalue weighted by molar-refractivity contribution is -0.120. The van der Waals surface area contributed by atoms with E-state index in [-0.39, 0.29) is 18.9 Å². The van der Waals surface area contributed by atoms with Crippen LogP contribution in [0.15, 0.2) is 46.0 Å². The van der Waals surface area contributed by atoms with Crippen LogP contribution in [0.4, 0.5) is 0 Å². The summed E-state index contributed by atoms with van der Waals surface area (Å²) in [6.07, 6.45) is 7.07. The number of hydrazone groups is 1. The molecular formula is C20H18BrIN2O3. The van der Waals surface area contributed by atoms with Crippen LogP contribution in [0.2, 0.25) is 0 Å². The summed E-state index contributed by atoms with van der Waals surface area (Å²) in [6.45, 7) is 2.55. The number of halogens is 2. The molecule has 0 bridgehead atoms. The van der Waals surface area contributed by atoms with Crippen LogP contribution >= 0.6 is 38.5 Å². The molecule has 2 rings (SSSR count). The third-order valence-electron chi connectivity index (χ3n) is 3.31. The summed E-state index contributed by atoms with van der Waals surface area (Å²) in [6, 6.07) is 11.2. The van der Waals surface area contributed by atoms with Crippen molar-refractivity contribution in [2.75, 3.05) is 13.2 Å². The monoisotopic (exact) mass is 540 g/mol. The first kappa shape index (κ1) is 21.3. The lowest BCUT2D eigenvalue weighted by atomic mass is 10.1. The van der Waals surface area contributed by atoms with Crippen molar-refractivity contribution in [3.8, 4) is 23.8 Å². The highest BCUT2D eigenvalue weighted by Gasteiger charge is 2.11. The van der Waals surface area contributed by atoms with Gasteiger partial charge in [-0.15, -0.1) is 6.42 Å². The largest absolute Gasteiger partial charge is 0.490 e. The SMILES string of the molecule is C#CCOc1c(I)cc(/C=N\NC(=O)Cc2ccc(Br)cc2)cc1OCC. The highest BCUT2D eigenvalue weighted by Crippen LogP contribution is 2.33. The molecule has 0 radical (unpaired) electrons. The Morgan fingerprint density at radius 2 is 2.07 bits per heavy atom. The van der Waals surface area contributed by atoms with Gasteiger partial charge in [0.25, 0.3) is 0 Å². The van der Waals surface area contributed by atoms with Gasteiger partial charge in [-0.3, -0.25) is 4.79 Å². The van der Waals surface area contributed by atoms with Gasteiger partial charge in [-0.1, -0.05) is 34.0 Å². The molecule has 0 aromatic heterocycles. The first-order chi connectivity index (χ1) is 13.0. The van der Waals surface area contributed by atoms with Gasteiger partial charge in [0.05, 0.1) is 22.8 Å². The van der Waals surface area contributed by atoms with Crippen molar-refractivity contribution in [2.45, 2.75) is 13.3 Å². The van der Waals surface area contributed by atoms with E-state index in [0.29, 0.717) is 18.1 Å². The molecule has 1 amide bonds. The number of nitrogens with zero attached hydrogens (tertiary/aromatic N) is 1. The number of nitrogens with one attached hydrogen (secondary N) is 1. The summed E-state index contributed by atoms with van der Waals surface area (Å²) < 4.78 is 13.0. The smallest absolute Gasteiger partial charge is 0.244 e. The van der Waals surface area contributed by atoms with E-state index in [2.05, 4.69) is 55.0 Å². The molecular weight excluding hydrogens is 523 g/mol. The summed E-state index contributed by atoms with van der Waals surface area (Å²) in [7, 11) is 0. The van der Waals surface area contributed by atoms with E-state index in [9.17, 15) is 4.79 Å². The van der Waals surface area contributed by atoms with Crippen LogP contribution in [-0.2, 0) is 11.2 Å². The Labute approximate surface area is 180 Å². The molecule has 0 aliphatic heterocycles. The molecule has 0 aliphatic carbocycles. The maximum absolute atomic E-state index is 12.0. The number of terminal acetylenes is 1. The normalized spacial score (nSPS) is 10.4. The second-order valence-corrected chi connectivity index (χ2v) is 7.43. The van der Waals surface area contributed by atoms with Crippen molar-refractivity contribution >= 4 is 50.6 Å². The Morgan fingerprint density at radius 1 is 1.33 bits per heavy atom. The number of amides is 1. The van der Waals surface area contributed by atoms with Gasteiger partial charge in [0.15, 0.2) is 11.5 Å². The predicted octanol–water partition coefficient (Wildman–Crippen LogP) is 4.16. The molecule has 5 nitrogen and oxygen atoms in total. The van der Waals surface area contributed by atoms with Crippen molar-refractivity contribution in [1.82, 2.24) is 5.43 Å². The van der Waals surface area contributed by atoms with Gasteiger partial charge in [-0.05, 0) is 64.9 Å². The molecule has 27 heavy (non-hydrogen) atoms. The second-order valence-electron chi connectivity index (χ2n) is 5.35. The fourth-order valence-electron chi connectivity index (χ4n) is 2.19. The van der Waals surface area contributed by atoms with Gasteiger partial charge >= 0.3 is 0 Å². The van der Waals surface area contributed by atoms with Crippen molar-refractivity contribution in [3.05, 3.63) is 55.6 Å². The van der Waals surface area contributed by atoms with E-state index in [1.54, 1.807) is 12.3 Å². The van der Waals surface area contributed by atoms with E-state index in [0.717, 1.165) is 19.2 Å². The lowest BCUT2D eigenvalue weighted by Gasteiger charge is -2.13. The molecule has 7 heteroatoms. The first-order valence-corrected chi connectivity index (χ1v) is 9.99. The van der Waals surface area contributed by atoms with Crippen molar-refractivity contribution in [1.29, 1.82) is 0 Å². The van der Waals surface area contributed by atoms with E-state index >= 15 is 0 Å². The van der Waals surface area contributed by atoms with Crippen LogP contribution in [0.25, 0.3) is 0 Å². The van der Waals surface area contributed by atoms with Crippen LogP contribution < -0.4 is 14.9 Å². The fourth-order valence-corrected chi connectivity index (χ4v) is 3.23. The molecule has 0 heterocycles.